The summed E-state index contributed by atoms with van der Waals surface area (Å²) in [5, 5.41) is 12.9. The van der Waals surface area contributed by atoms with Crippen LogP contribution in [-0.4, -0.2) is 36.5 Å². The topological polar surface area (TPSA) is 41.5 Å². The average Bonchev–Trinajstić information content (AvgIpc) is 2.71. The molecule has 4 atom stereocenters. The van der Waals surface area contributed by atoms with Gasteiger partial charge in [-0.2, -0.15) is 0 Å². The van der Waals surface area contributed by atoms with Crippen LogP contribution in [-0.2, 0) is 4.74 Å². The standard InChI is InChI=1S/C9H15NO2/c11-7-4-12-9-6(5-1-2-5)3-10-8(7)9/h5-11H,1-4H2/t6-,7+,8-,9-/m1/s1. The van der Waals surface area contributed by atoms with Crippen molar-refractivity contribution in [2.24, 2.45) is 11.8 Å². The molecule has 3 fully saturated rings. The van der Waals surface area contributed by atoms with Crippen LogP contribution in [0.5, 0.6) is 0 Å². The summed E-state index contributed by atoms with van der Waals surface area (Å²) in [5.74, 6) is 1.57. The van der Waals surface area contributed by atoms with Crippen molar-refractivity contribution in [3.63, 3.8) is 0 Å². The normalized spacial score (nSPS) is 52.8. The largest absolute Gasteiger partial charge is 0.389 e. The van der Waals surface area contributed by atoms with Gasteiger partial charge in [-0.05, 0) is 18.8 Å². The maximum absolute atomic E-state index is 9.53. The quantitative estimate of drug-likeness (QED) is 0.568. The Morgan fingerprint density at radius 2 is 2.17 bits per heavy atom. The van der Waals surface area contributed by atoms with Gasteiger partial charge in [-0.15, -0.1) is 0 Å². The summed E-state index contributed by atoms with van der Waals surface area (Å²) in [6, 6.07) is 0.232. The van der Waals surface area contributed by atoms with Crippen LogP contribution < -0.4 is 5.32 Å². The van der Waals surface area contributed by atoms with E-state index >= 15 is 0 Å². The van der Waals surface area contributed by atoms with E-state index in [0.717, 1.165) is 12.5 Å². The fourth-order valence-electron chi connectivity index (χ4n) is 2.63. The molecule has 1 aliphatic carbocycles. The Labute approximate surface area is 72.1 Å². The molecule has 2 aliphatic heterocycles. The van der Waals surface area contributed by atoms with Crippen molar-refractivity contribution in [1.82, 2.24) is 5.32 Å². The van der Waals surface area contributed by atoms with Gasteiger partial charge in [-0.1, -0.05) is 0 Å². The van der Waals surface area contributed by atoms with Crippen molar-refractivity contribution in [2.45, 2.75) is 31.1 Å². The van der Waals surface area contributed by atoms with Gasteiger partial charge < -0.3 is 15.2 Å². The third-order valence-electron chi connectivity index (χ3n) is 3.47. The lowest BCUT2D eigenvalue weighted by molar-refractivity contribution is 0.0573. The van der Waals surface area contributed by atoms with Crippen molar-refractivity contribution in [3.05, 3.63) is 0 Å². The average molecular weight is 169 g/mol. The predicted molar refractivity (Wildman–Crippen MR) is 43.8 cm³/mol. The Bertz CT molecular complexity index is 193. The molecule has 0 amide bonds. The van der Waals surface area contributed by atoms with Crippen molar-refractivity contribution < 1.29 is 9.84 Å². The highest BCUT2D eigenvalue weighted by molar-refractivity contribution is 5.03. The second-order valence-electron chi connectivity index (χ2n) is 4.30. The van der Waals surface area contributed by atoms with Gasteiger partial charge in [0.25, 0.3) is 0 Å². The molecule has 0 radical (unpaired) electrons. The van der Waals surface area contributed by atoms with Gasteiger partial charge in [0.2, 0.25) is 0 Å². The van der Waals surface area contributed by atoms with E-state index in [-0.39, 0.29) is 12.1 Å². The van der Waals surface area contributed by atoms with Crippen LogP contribution in [0.1, 0.15) is 12.8 Å². The molecule has 3 nitrogen and oxygen atoms in total. The second-order valence-corrected chi connectivity index (χ2v) is 4.30. The zero-order valence-electron chi connectivity index (χ0n) is 7.07. The first-order valence-corrected chi connectivity index (χ1v) is 4.89. The SMILES string of the molecule is O[C@H]1CO[C@H]2[C@@H]1NC[C@@H]2C1CC1. The highest BCUT2D eigenvalue weighted by Crippen LogP contribution is 2.43. The molecule has 0 spiro atoms. The molecule has 0 aromatic heterocycles. The minimum absolute atomic E-state index is 0.232. The molecule has 0 unspecified atom stereocenters. The lowest BCUT2D eigenvalue weighted by atomic mass is 9.96. The number of hydrogen-bond donors (Lipinski definition) is 2. The number of aliphatic hydroxyl groups is 1. The number of hydrogen-bond acceptors (Lipinski definition) is 3. The van der Waals surface area contributed by atoms with Gasteiger partial charge in [0, 0.05) is 12.5 Å². The minimum atomic E-state index is -0.265. The number of nitrogens with one attached hydrogen (secondary N) is 1. The first-order valence-electron chi connectivity index (χ1n) is 4.89. The Hall–Kier alpha value is -0.120. The van der Waals surface area contributed by atoms with Gasteiger partial charge in [-0.3, -0.25) is 0 Å². The van der Waals surface area contributed by atoms with Crippen LogP contribution in [0.2, 0.25) is 0 Å². The van der Waals surface area contributed by atoms with E-state index in [1.807, 2.05) is 0 Å². The summed E-state index contributed by atoms with van der Waals surface area (Å²) in [6.07, 6.45) is 2.79. The maximum Gasteiger partial charge on any atom is 0.0951 e. The molecule has 0 aromatic rings. The Morgan fingerprint density at radius 3 is 2.92 bits per heavy atom. The predicted octanol–water partition coefficient (Wildman–Crippen LogP) is -0.256. The van der Waals surface area contributed by atoms with Gasteiger partial charge in [0.05, 0.1) is 24.9 Å². The smallest absolute Gasteiger partial charge is 0.0951 e. The molecule has 1 saturated carbocycles. The van der Waals surface area contributed by atoms with E-state index in [2.05, 4.69) is 5.32 Å². The first-order chi connectivity index (χ1) is 5.86. The molecule has 12 heavy (non-hydrogen) atoms. The second kappa shape index (κ2) is 2.44. The van der Waals surface area contributed by atoms with E-state index in [0.29, 0.717) is 18.6 Å². The lowest BCUT2D eigenvalue weighted by Gasteiger charge is -2.15. The molecule has 2 N–H and O–H groups in total. The zero-order chi connectivity index (χ0) is 8.13. The van der Waals surface area contributed by atoms with Crippen LogP contribution in [0, 0.1) is 11.8 Å². The fourth-order valence-corrected chi connectivity index (χ4v) is 2.63. The molecule has 2 saturated heterocycles. The number of aliphatic hydroxyl groups excluding tert-OH is 1. The monoisotopic (exact) mass is 169 g/mol. The molecule has 3 heteroatoms. The van der Waals surface area contributed by atoms with Gasteiger partial charge in [0.15, 0.2) is 0 Å². The van der Waals surface area contributed by atoms with E-state index in [9.17, 15) is 5.11 Å². The summed E-state index contributed by atoms with van der Waals surface area (Å²) < 4.78 is 5.59. The Balaban J connectivity index is 1.75. The molecular formula is C9H15NO2. The van der Waals surface area contributed by atoms with E-state index in [1.165, 1.54) is 12.8 Å². The third kappa shape index (κ3) is 0.934. The van der Waals surface area contributed by atoms with Crippen LogP contribution in [0.3, 0.4) is 0 Å². The summed E-state index contributed by atoms with van der Waals surface area (Å²) in [5.41, 5.74) is 0. The molecule has 3 rings (SSSR count). The number of ether oxygens (including phenoxy) is 1. The summed E-state index contributed by atoms with van der Waals surface area (Å²) >= 11 is 0. The van der Waals surface area contributed by atoms with Crippen molar-refractivity contribution >= 4 is 0 Å². The highest BCUT2D eigenvalue weighted by atomic mass is 16.5. The first kappa shape index (κ1) is 7.30. The molecule has 0 aromatic carbocycles. The molecule has 0 bridgehead atoms. The van der Waals surface area contributed by atoms with Crippen molar-refractivity contribution in [2.75, 3.05) is 13.2 Å². The number of rotatable bonds is 1. The maximum atomic E-state index is 9.53. The molecular weight excluding hydrogens is 154 g/mol. The van der Waals surface area contributed by atoms with E-state index in [1.54, 1.807) is 0 Å². The van der Waals surface area contributed by atoms with E-state index in [4.69, 9.17) is 4.74 Å². The van der Waals surface area contributed by atoms with Crippen molar-refractivity contribution in [3.8, 4) is 0 Å². The molecule has 68 valence electrons. The molecule has 3 aliphatic rings. The van der Waals surface area contributed by atoms with Crippen molar-refractivity contribution in [1.29, 1.82) is 0 Å². The number of fused-ring (bicyclic) bond motifs is 1. The summed E-state index contributed by atoms with van der Waals surface area (Å²) in [6.45, 7) is 1.59. The van der Waals surface area contributed by atoms with Gasteiger partial charge in [-0.25, -0.2) is 0 Å². The van der Waals surface area contributed by atoms with Crippen LogP contribution in [0.25, 0.3) is 0 Å². The summed E-state index contributed by atoms with van der Waals surface area (Å²) in [7, 11) is 0. The van der Waals surface area contributed by atoms with Gasteiger partial charge in [0.1, 0.15) is 0 Å². The third-order valence-corrected chi connectivity index (χ3v) is 3.47. The van der Waals surface area contributed by atoms with E-state index < -0.39 is 0 Å². The minimum Gasteiger partial charge on any atom is -0.389 e. The van der Waals surface area contributed by atoms with Crippen LogP contribution in [0.15, 0.2) is 0 Å². The Morgan fingerprint density at radius 1 is 1.33 bits per heavy atom. The highest BCUT2D eigenvalue weighted by Gasteiger charge is 2.50. The lowest BCUT2D eigenvalue weighted by Crippen LogP contribution is -2.36. The zero-order valence-corrected chi connectivity index (χ0v) is 7.07. The van der Waals surface area contributed by atoms with Crippen LogP contribution >= 0.6 is 0 Å². The fraction of sp³-hybridized carbons (Fsp3) is 1.00. The Kier molecular flexibility index (Phi) is 1.48. The van der Waals surface area contributed by atoms with Crippen LogP contribution in [0.4, 0.5) is 0 Å². The molecule has 2 heterocycles. The summed E-state index contributed by atoms with van der Waals surface area (Å²) in [4.78, 5) is 0. The van der Waals surface area contributed by atoms with Gasteiger partial charge >= 0.3 is 0 Å².